The van der Waals surface area contributed by atoms with Gasteiger partial charge in [-0.25, -0.2) is 4.79 Å². The van der Waals surface area contributed by atoms with E-state index in [1.165, 1.54) is 0 Å². The molecule has 0 spiro atoms. The average Bonchev–Trinajstić information content (AvgIpc) is 2.77. The fraction of sp³-hybridized carbons (Fsp3) is 0.560. The lowest BCUT2D eigenvalue weighted by Gasteiger charge is -2.29. The van der Waals surface area contributed by atoms with Crippen LogP contribution in [0.25, 0.3) is 11.0 Å². The summed E-state index contributed by atoms with van der Waals surface area (Å²) >= 11 is 0. The van der Waals surface area contributed by atoms with Gasteiger partial charge in [-0.05, 0) is 100 Å². The van der Waals surface area contributed by atoms with Gasteiger partial charge in [0.05, 0.1) is 5.39 Å². The Morgan fingerprint density at radius 1 is 1.16 bits per heavy atom. The number of aliphatic carboxylic acids is 1. The zero-order chi connectivity index (χ0) is 22.8. The van der Waals surface area contributed by atoms with Crippen molar-refractivity contribution in [3.8, 4) is 5.75 Å². The predicted octanol–water partition coefficient (Wildman–Crippen LogP) is 2.42. The second-order valence-electron chi connectivity index (χ2n) is 9.23. The van der Waals surface area contributed by atoms with Crippen molar-refractivity contribution in [1.29, 1.82) is 0 Å². The fourth-order valence-corrected chi connectivity index (χ4v) is 4.99. The highest BCUT2D eigenvalue weighted by atomic mass is 16.5. The molecule has 7 nitrogen and oxygen atoms in total. The van der Waals surface area contributed by atoms with E-state index in [1.54, 1.807) is 6.92 Å². The van der Waals surface area contributed by atoms with Gasteiger partial charge in [0.1, 0.15) is 11.3 Å². The van der Waals surface area contributed by atoms with Crippen LogP contribution in [0.15, 0.2) is 21.3 Å². The summed E-state index contributed by atoms with van der Waals surface area (Å²) in [5, 5.41) is 14.7. The van der Waals surface area contributed by atoms with Crippen LogP contribution in [-0.2, 0) is 22.4 Å². The number of benzene rings is 1. The first-order chi connectivity index (χ1) is 15.3. The van der Waals surface area contributed by atoms with Gasteiger partial charge < -0.3 is 24.4 Å². The minimum absolute atomic E-state index is 0.215. The molecule has 1 aromatic heterocycles. The third kappa shape index (κ3) is 4.66. The summed E-state index contributed by atoms with van der Waals surface area (Å²) in [5.41, 5.74) is 2.83. The maximum Gasteiger partial charge on any atom is 0.339 e. The van der Waals surface area contributed by atoms with Crippen LogP contribution in [0.2, 0.25) is 0 Å². The third-order valence-electron chi connectivity index (χ3n) is 6.85. The number of hydrogen-bond donors (Lipinski definition) is 1. The van der Waals surface area contributed by atoms with Crippen LogP contribution in [0, 0.1) is 18.8 Å². The summed E-state index contributed by atoms with van der Waals surface area (Å²) in [7, 11) is 0. The third-order valence-corrected chi connectivity index (χ3v) is 6.85. The van der Waals surface area contributed by atoms with Crippen molar-refractivity contribution >= 4 is 22.8 Å². The standard InChI is InChI=1S/C25H31NO6/c1-14-11-20(22-18-5-3-4-6-19(18)25(30)32-21(22)12-14)31-15(2)23(27)26-13-16-7-9-17(10-8-16)24(28)29/h11-12,15-17H,3-10,13H2,1-2H3,(H,26,27)(H,28,29)/p-1/t15-,16?,17?/m1/s1. The SMILES string of the molecule is Cc1cc(O[C@H](C)C(=O)NCC2CCC(C(=O)[O-])CC2)c2c3c(c(=O)oc2c1)CCCC3. The van der Waals surface area contributed by atoms with Gasteiger partial charge >= 0.3 is 5.63 Å². The van der Waals surface area contributed by atoms with E-state index in [-0.39, 0.29) is 23.4 Å². The van der Waals surface area contributed by atoms with Crippen LogP contribution in [0.3, 0.4) is 0 Å². The summed E-state index contributed by atoms with van der Waals surface area (Å²) in [6.07, 6.45) is 5.49. The summed E-state index contributed by atoms with van der Waals surface area (Å²) in [5.74, 6) is -0.725. The molecule has 0 radical (unpaired) electrons. The molecule has 32 heavy (non-hydrogen) atoms. The molecule has 1 amide bonds. The summed E-state index contributed by atoms with van der Waals surface area (Å²) in [6.45, 7) is 4.12. The van der Waals surface area contributed by atoms with E-state index in [0.29, 0.717) is 37.1 Å². The first kappa shape index (κ1) is 22.4. The summed E-state index contributed by atoms with van der Waals surface area (Å²) < 4.78 is 11.7. The number of carbonyl (C=O) groups is 2. The molecule has 0 aliphatic heterocycles. The molecule has 1 heterocycles. The number of amides is 1. The Morgan fingerprint density at radius 3 is 2.53 bits per heavy atom. The number of aryl methyl sites for hydroxylation is 2. The van der Waals surface area contributed by atoms with Gasteiger partial charge in [-0.1, -0.05) is 0 Å². The lowest BCUT2D eigenvalue weighted by atomic mass is 9.82. The van der Waals surface area contributed by atoms with Gasteiger partial charge in [-0.2, -0.15) is 0 Å². The van der Waals surface area contributed by atoms with E-state index >= 15 is 0 Å². The Labute approximate surface area is 187 Å². The van der Waals surface area contributed by atoms with Crippen molar-refractivity contribution in [2.45, 2.75) is 71.3 Å². The van der Waals surface area contributed by atoms with Gasteiger partial charge in [0.15, 0.2) is 6.10 Å². The molecule has 1 aromatic carbocycles. The van der Waals surface area contributed by atoms with Crippen molar-refractivity contribution < 1.29 is 23.8 Å². The number of carboxylic acids is 1. The molecule has 0 bridgehead atoms. The molecular formula is C25H30NO6-. The molecule has 1 saturated carbocycles. The van der Waals surface area contributed by atoms with Crippen molar-refractivity contribution in [3.63, 3.8) is 0 Å². The highest BCUT2D eigenvalue weighted by Crippen LogP contribution is 2.35. The van der Waals surface area contributed by atoms with Gasteiger partial charge in [-0.3, -0.25) is 4.79 Å². The molecule has 2 aliphatic rings. The molecule has 1 fully saturated rings. The Balaban J connectivity index is 1.46. The molecule has 2 aliphatic carbocycles. The fourth-order valence-electron chi connectivity index (χ4n) is 4.99. The normalized spacial score (nSPS) is 21.6. The molecular weight excluding hydrogens is 410 g/mol. The largest absolute Gasteiger partial charge is 0.550 e. The Bertz CT molecular complexity index is 1080. The van der Waals surface area contributed by atoms with Gasteiger partial charge in [-0.15, -0.1) is 0 Å². The molecule has 4 rings (SSSR count). The van der Waals surface area contributed by atoms with Crippen LogP contribution < -0.4 is 20.8 Å². The minimum Gasteiger partial charge on any atom is -0.550 e. The maximum atomic E-state index is 12.7. The Kier molecular flexibility index (Phi) is 6.53. The monoisotopic (exact) mass is 440 g/mol. The van der Waals surface area contributed by atoms with Gasteiger partial charge in [0.25, 0.3) is 5.91 Å². The van der Waals surface area contributed by atoms with Crippen molar-refractivity contribution in [3.05, 3.63) is 39.2 Å². The average molecular weight is 441 g/mol. The molecule has 172 valence electrons. The highest BCUT2D eigenvalue weighted by molar-refractivity contribution is 5.89. The van der Waals surface area contributed by atoms with Crippen LogP contribution >= 0.6 is 0 Å². The zero-order valence-corrected chi connectivity index (χ0v) is 18.7. The molecule has 7 heteroatoms. The van der Waals surface area contributed by atoms with Crippen LogP contribution in [0.5, 0.6) is 5.75 Å². The lowest BCUT2D eigenvalue weighted by Crippen LogP contribution is -2.40. The molecule has 1 N–H and O–H groups in total. The number of rotatable bonds is 6. The smallest absolute Gasteiger partial charge is 0.339 e. The van der Waals surface area contributed by atoms with Crippen LogP contribution in [0.1, 0.15) is 62.1 Å². The van der Waals surface area contributed by atoms with Crippen molar-refractivity contribution in [2.75, 3.05) is 6.54 Å². The van der Waals surface area contributed by atoms with E-state index in [1.807, 2.05) is 19.1 Å². The zero-order valence-electron chi connectivity index (χ0n) is 18.7. The number of carbonyl (C=O) groups excluding carboxylic acids is 2. The number of hydrogen-bond acceptors (Lipinski definition) is 6. The summed E-state index contributed by atoms with van der Waals surface area (Å²) in [6, 6.07) is 3.73. The van der Waals surface area contributed by atoms with E-state index in [0.717, 1.165) is 54.2 Å². The van der Waals surface area contributed by atoms with E-state index in [2.05, 4.69) is 5.32 Å². The molecule has 2 aromatic rings. The number of fused-ring (bicyclic) bond motifs is 3. The van der Waals surface area contributed by atoms with Crippen LogP contribution in [0.4, 0.5) is 0 Å². The van der Waals surface area contributed by atoms with Crippen LogP contribution in [-0.4, -0.2) is 24.5 Å². The Hall–Kier alpha value is -2.83. The van der Waals surface area contributed by atoms with Crippen molar-refractivity contribution in [2.24, 2.45) is 11.8 Å². The maximum absolute atomic E-state index is 12.7. The lowest BCUT2D eigenvalue weighted by molar-refractivity contribution is -0.312. The number of ether oxygens (including phenoxy) is 1. The highest BCUT2D eigenvalue weighted by Gasteiger charge is 2.25. The van der Waals surface area contributed by atoms with Gasteiger partial charge in [0.2, 0.25) is 0 Å². The number of carboxylic acid groups (broad SMARTS) is 1. The number of nitrogens with one attached hydrogen (secondary N) is 1. The molecule has 0 unspecified atom stereocenters. The topological polar surface area (TPSA) is 109 Å². The van der Waals surface area contributed by atoms with E-state index in [4.69, 9.17) is 9.15 Å². The second-order valence-corrected chi connectivity index (χ2v) is 9.23. The van der Waals surface area contributed by atoms with E-state index < -0.39 is 12.1 Å². The van der Waals surface area contributed by atoms with E-state index in [9.17, 15) is 19.5 Å². The Morgan fingerprint density at radius 2 is 1.84 bits per heavy atom. The second kappa shape index (κ2) is 9.35. The van der Waals surface area contributed by atoms with Gasteiger partial charge in [0, 0.05) is 18.1 Å². The summed E-state index contributed by atoms with van der Waals surface area (Å²) in [4.78, 5) is 36.1. The predicted molar refractivity (Wildman–Crippen MR) is 117 cm³/mol. The molecule has 1 atom stereocenters. The first-order valence-corrected chi connectivity index (χ1v) is 11.6. The molecule has 0 saturated heterocycles. The first-order valence-electron chi connectivity index (χ1n) is 11.6. The quantitative estimate of drug-likeness (QED) is 0.691. The van der Waals surface area contributed by atoms with Crippen molar-refractivity contribution in [1.82, 2.24) is 5.32 Å². The minimum atomic E-state index is -0.974.